The molecule has 2 amide bonds. The zero-order valence-corrected chi connectivity index (χ0v) is 26.4. The molecule has 3 aliphatic heterocycles. The number of hydrogen-bond acceptors (Lipinski definition) is 9. The lowest BCUT2D eigenvalue weighted by molar-refractivity contribution is -0.141. The van der Waals surface area contributed by atoms with Crippen LogP contribution in [0.1, 0.15) is 41.9 Å². The van der Waals surface area contributed by atoms with E-state index in [1.807, 2.05) is 44.0 Å². The fraction of sp³-hybridized carbons (Fsp3) is 0.500. The number of carbonyl (C=O) groups excluding carboxylic acids is 2. The Hall–Kier alpha value is -4.17. The van der Waals surface area contributed by atoms with Gasteiger partial charge in [-0.15, -0.1) is 0 Å². The molecule has 248 valence electrons. The molecule has 0 aliphatic carbocycles. The number of likely N-dealkylation sites (tertiary alicyclic amines) is 1. The van der Waals surface area contributed by atoms with Gasteiger partial charge in [-0.2, -0.15) is 13.2 Å². The Morgan fingerprint density at radius 2 is 1.93 bits per heavy atom. The van der Waals surface area contributed by atoms with Gasteiger partial charge in [0.05, 0.1) is 18.4 Å². The van der Waals surface area contributed by atoms with Crippen LogP contribution in [0.2, 0.25) is 0 Å². The van der Waals surface area contributed by atoms with Gasteiger partial charge in [0.25, 0.3) is 11.8 Å². The van der Waals surface area contributed by atoms with Crippen LogP contribution in [0.5, 0.6) is 5.88 Å². The molecule has 3 aliphatic rings. The molecule has 1 unspecified atom stereocenters. The van der Waals surface area contributed by atoms with Crippen LogP contribution in [-0.2, 0) is 21.4 Å². The van der Waals surface area contributed by atoms with Crippen LogP contribution in [0.15, 0.2) is 60.2 Å². The van der Waals surface area contributed by atoms with E-state index in [4.69, 9.17) is 9.47 Å². The van der Waals surface area contributed by atoms with Crippen LogP contribution in [0.4, 0.5) is 13.2 Å². The molecule has 2 saturated heterocycles. The Kier molecular flexibility index (Phi) is 9.87. The summed E-state index contributed by atoms with van der Waals surface area (Å²) >= 11 is 0. The summed E-state index contributed by atoms with van der Waals surface area (Å²) in [4.78, 5) is 40.8. The minimum atomic E-state index is -4.84. The van der Waals surface area contributed by atoms with Crippen molar-refractivity contribution in [1.82, 2.24) is 35.3 Å². The highest BCUT2D eigenvalue weighted by Crippen LogP contribution is 2.35. The van der Waals surface area contributed by atoms with E-state index in [1.54, 1.807) is 18.5 Å². The number of amides is 2. The fourth-order valence-corrected chi connectivity index (χ4v) is 6.23. The predicted molar refractivity (Wildman–Crippen MR) is 163 cm³/mol. The third kappa shape index (κ3) is 6.82. The highest BCUT2D eigenvalue weighted by molar-refractivity contribution is 5.96. The summed E-state index contributed by atoms with van der Waals surface area (Å²) in [5, 5.41) is 6.46. The zero-order chi connectivity index (χ0) is 33.1. The van der Waals surface area contributed by atoms with Crippen LogP contribution in [0.25, 0.3) is 0 Å². The van der Waals surface area contributed by atoms with E-state index in [1.165, 1.54) is 18.1 Å². The number of carbonyl (C=O) groups is 2. The van der Waals surface area contributed by atoms with E-state index < -0.39 is 29.1 Å². The Labute approximate surface area is 266 Å². The van der Waals surface area contributed by atoms with Crippen LogP contribution >= 0.6 is 0 Å². The van der Waals surface area contributed by atoms with Gasteiger partial charge in [-0.1, -0.05) is 13.0 Å². The second-order valence-electron chi connectivity index (χ2n) is 11.7. The lowest BCUT2D eigenvalue weighted by Gasteiger charge is -2.46. The van der Waals surface area contributed by atoms with Gasteiger partial charge in [-0.05, 0) is 44.7 Å². The monoisotopic (exact) mass is 643 g/mol. The van der Waals surface area contributed by atoms with Crippen LogP contribution in [-0.4, -0.2) is 103 Å². The minimum absolute atomic E-state index is 0.137. The third-order valence-corrected chi connectivity index (χ3v) is 8.55. The zero-order valence-electron chi connectivity index (χ0n) is 26.4. The van der Waals surface area contributed by atoms with Crippen molar-refractivity contribution < 1.29 is 32.2 Å². The summed E-state index contributed by atoms with van der Waals surface area (Å²) in [5.74, 6) is -0.941. The summed E-state index contributed by atoms with van der Waals surface area (Å²) in [6, 6.07) is 5.73. The fourth-order valence-electron chi connectivity index (χ4n) is 6.23. The molecule has 14 heteroatoms. The van der Waals surface area contributed by atoms with E-state index in [-0.39, 0.29) is 37.5 Å². The summed E-state index contributed by atoms with van der Waals surface area (Å²) in [7, 11) is 3.25. The number of nitrogens with zero attached hydrogens (tertiary/aromatic N) is 5. The van der Waals surface area contributed by atoms with E-state index in [0.717, 1.165) is 19.2 Å². The van der Waals surface area contributed by atoms with Crippen LogP contribution in [0.3, 0.4) is 0 Å². The quantitative estimate of drug-likeness (QED) is 0.404. The maximum absolute atomic E-state index is 13.9. The molecule has 0 bridgehead atoms. The number of halogens is 3. The van der Waals surface area contributed by atoms with Gasteiger partial charge in [-0.3, -0.25) is 14.6 Å². The molecule has 2 aromatic heterocycles. The Balaban J connectivity index is 1.44. The van der Waals surface area contributed by atoms with Gasteiger partial charge in [0, 0.05) is 81.9 Å². The minimum Gasteiger partial charge on any atom is -0.481 e. The highest BCUT2D eigenvalue weighted by Gasteiger charge is 2.42. The molecule has 5 heterocycles. The first kappa shape index (κ1) is 33.2. The first-order valence-electron chi connectivity index (χ1n) is 15.4. The van der Waals surface area contributed by atoms with Crippen molar-refractivity contribution in [3.05, 3.63) is 77.0 Å². The van der Waals surface area contributed by atoms with E-state index in [9.17, 15) is 22.8 Å². The number of dihydropyridines is 1. The first-order chi connectivity index (χ1) is 22.0. The predicted octanol–water partition coefficient (Wildman–Crippen LogP) is 2.98. The molecular weight excluding hydrogens is 603 g/mol. The molecule has 0 aromatic carbocycles. The van der Waals surface area contributed by atoms with Gasteiger partial charge in [0.15, 0.2) is 11.4 Å². The Bertz CT molecular complexity index is 1480. The number of pyridine rings is 2. The molecule has 2 N–H and O–H groups in total. The number of hydrogen-bond donors (Lipinski definition) is 2. The highest BCUT2D eigenvalue weighted by atomic mass is 19.4. The summed E-state index contributed by atoms with van der Waals surface area (Å²) in [6.45, 7) is 7.03. The number of methoxy groups -OCH3 is 1. The maximum atomic E-state index is 13.9. The number of ether oxygens (including phenoxy) is 2. The molecule has 2 atom stereocenters. The van der Waals surface area contributed by atoms with Crippen molar-refractivity contribution in [2.75, 3.05) is 60.0 Å². The standard InChI is InChI=1S/C32H40F3N7O4/c1-5-23-20-41(30(44)24-9-10-26(45-4)38-28(24)32(33,34)35)14-15-42(23)25-11-12-31(46-6-2,22-8-7-13-36-17-22)39-27(25)29(43)37-16-21-18-40(3)19-21/h7-13,17,21,23,39H,5-6,14-16,18-20H2,1-4H3,(H,37,43)/t23-,31?/m1/s1. The number of rotatable bonds is 10. The Morgan fingerprint density at radius 1 is 1.15 bits per heavy atom. The van der Waals surface area contributed by atoms with Crippen molar-refractivity contribution in [2.24, 2.45) is 5.92 Å². The van der Waals surface area contributed by atoms with E-state index >= 15 is 0 Å². The first-order valence-corrected chi connectivity index (χ1v) is 15.4. The molecule has 5 rings (SSSR count). The molecule has 11 nitrogen and oxygen atoms in total. The summed E-state index contributed by atoms with van der Waals surface area (Å²) < 4.78 is 52.7. The van der Waals surface area contributed by atoms with E-state index in [0.29, 0.717) is 42.4 Å². The smallest absolute Gasteiger partial charge is 0.434 e. The number of nitrogens with one attached hydrogen (secondary N) is 2. The number of piperazine rings is 1. The van der Waals surface area contributed by atoms with Gasteiger partial charge in [0.2, 0.25) is 5.88 Å². The summed E-state index contributed by atoms with van der Waals surface area (Å²) in [5.41, 5.74) is -1.32. The lowest BCUT2D eigenvalue weighted by Crippen LogP contribution is -2.57. The number of allylic oxidation sites excluding steroid dienone is 1. The van der Waals surface area contributed by atoms with Crippen molar-refractivity contribution in [2.45, 2.75) is 38.2 Å². The van der Waals surface area contributed by atoms with E-state index in [2.05, 4.69) is 25.5 Å². The largest absolute Gasteiger partial charge is 0.481 e. The van der Waals surface area contributed by atoms with Gasteiger partial charge >= 0.3 is 6.18 Å². The van der Waals surface area contributed by atoms with Gasteiger partial charge in [0.1, 0.15) is 5.70 Å². The second-order valence-corrected chi connectivity index (χ2v) is 11.7. The maximum Gasteiger partial charge on any atom is 0.434 e. The topological polar surface area (TPSA) is 112 Å². The van der Waals surface area contributed by atoms with Crippen molar-refractivity contribution in [1.29, 1.82) is 0 Å². The molecule has 46 heavy (non-hydrogen) atoms. The third-order valence-electron chi connectivity index (χ3n) is 8.55. The average molecular weight is 644 g/mol. The number of alkyl halides is 3. The Morgan fingerprint density at radius 3 is 2.57 bits per heavy atom. The molecule has 0 saturated carbocycles. The second kappa shape index (κ2) is 13.7. The normalized spacial score (nSPS) is 22.4. The molecule has 2 aromatic rings. The van der Waals surface area contributed by atoms with Crippen molar-refractivity contribution >= 4 is 11.8 Å². The van der Waals surface area contributed by atoms with Crippen molar-refractivity contribution in [3.63, 3.8) is 0 Å². The SMILES string of the molecule is CCOC1(c2cccnc2)C=CC(N2CCN(C(=O)c3ccc(OC)nc3C(F)(F)F)C[C@H]2CC)=C(C(=O)NCC2CN(C)C2)N1. The van der Waals surface area contributed by atoms with Gasteiger partial charge < -0.3 is 34.8 Å². The molecule has 0 radical (unpaired) electrons. The molecular formula is C32H40F3N7O4. The molecule has 0 spiro atoms. The molecule has 2 fully saturated rings. The summed E-state index contributed by atoms with van der Waals surface area (Å²) in [6.07, 6.45) is 2.76. The van der Waals surface area contributed by atoms with Crippen molar-refractivity contribution in [3.8, 4) is 5.88 Å². The number of aromatic nitrogens is 2. The van der Waals surface area contributed by atoms with Gasteiger partial charge in [-0.25, -0.2) is 4.98 Å². The van der Waals surface area contributed by atoms with Crippen LogP contribution in [0, 0.1) is 5.92 Å². The lowest BCUT2D eigenvalue weighted by atomic mass is 9.96. The van der Waals surface area contributed by atoms with Crippen LogP contribution < -0.4 is 15.4 Å². The average Bonchev–Trinajstić information content (AvgIpc) is 3.05.